The fraction of sp³-hybridized carbons (Fsp3) is 0.133. The van der Waals surface area contributed by atoms with Crippen LogP contribution in [0.25, 0.3) is 4.85 Å². The molecule has 0 amide bonds. The summed E-state index contributed by atoms with van der Waals surface area (Å²) in [5.74, 6) is 0. The van der Waals surface area contributed by atoms with Crippen LogP contribution in [0.2, 0.25) is 0 Å². The Hall–Kier alpha value is -2.07. The highest BCUT2D eigenvalue weighted by Crippen LogP contribution is 2.25. The first-order chi connectivity index (χ1) is 7.81. The molecule has 0 heterocycles. The van der Waals surface area contributed by atoms with Gasteiger partial charge in [0.25, 0.3) is 6.04 Å². The molecular formula is C15H13N. The van der Waals surface area contributed by atoms with Crippen molar-refractivity contribution in [2.45, 2.75) is 13.0 Å². The monoisotopic (exact) mass is 207 g/mol. The van der Waals surface area contributed by atoms with Gasteiger partial charge in [-0.3, -0.25) is 0 Å². The van der Waals surface area contributed by atoms with E-state index >= 15 is 0 Å². The lowest BCUT2D eigenvalue weighted by molar-refractivity contribution is 1.02. The lowest BCUT2D eigenvalue weighted by Crippen LogP contribution is -1.95. The Labute approximate surface area is 96.2 Å². The van der Waals surface area contributed by atoms with E-state index in [0.29, 0.717) is 0 Å². The normalized spacial score (nSPS) is 11.8. The average Bonchev–Trinajstić information content (AvgIpc) is 2.34. The smallest absolute Gasteiger partial charge is 0.273 e. The van der Waals surface area contributed by atoms with Gasteiger partial charge in [0.2, 0.25) is 0 Å². The molecule has 2 rings (SSSR count). The van der Waals surface area contributed by atoms with Gasteiger partial charge in [0.05, 0.1) is 0 Å². The second-order valence-corrected chi connectivity index (χ2v) is 3.85. The molecule has 0 N–H and O–H groups in total. The maximum absolute atomic E-state index is 7.31. The zero-order chi connectivity index (χ0) is 11.4. The van der Waals surface area contributed by atoms with E-state index in [4.69, 9.17) is 6.57 Å². The third kappa shape index (κ3) is 2.12. The van der Waals surface area contributed by atoms with Crippen LogP contribution in [0.15, 0.2) is 54.6 Å². The molecule has 1 heteroatoms. The fourth-order valence-electron chi connectivity index (χ4n) is 1.73. The first kappa shape index (κ1) is 10.4. The van der Waals surface area contributed by atoms with Crippen LogP contribution in [0.5, 0.6) is 0 Å². The van der Waals surface area contributed by atoms with E-state index in [9.17, 15) is 0 Å². The SMILES string of the molecule is [C-]#[N+]C(c1ccccc1)c1ccc(C)cc1. The van der Waals surface area contributed by atoms with Gasteiger partial charge < -0.3 is 4.85 Å². The van der Waals surface area contributed by atoms with E-state index in [1.807, 2.05) is 42.5 Å². The van der Waals surface area contributed by atoms with Crippen molar-refractivity contribution in [3.8, 4) is 0 Å². The van der Waals surface area contributed by atoms with Gasteiger partial charge in [-0.1, -0.05) is 60.2 Å². The van der Waals surface area contributed by atoms with Crippen LogP contribution >= 0.6 is 0 Å². The molecule has 2 aromatic rings. The zero-order valence-corrected chi connectivity index (χ0v) is 9.22. The highest BCUT2D eigenvalue weighted by Gasteiger charge is 2.17. The number of hydrogen-bond donors (Lipinski definition) is 0. The second kappa shape index (κ2) is 4.63. The van der Waals surface area contributed by atoms with Crippen molar-refractivity contribution in [2.75, 3.05) is 0 Å². The minimum Gasteiger partial charge on any atom is -0.303 e. The van der Waals surface area contributed by atoms with Crippen molar-refractivity contribution in [3.63, 3.8) is 0 Å². The van der Waals surface area contributed by atoms with E-state index in [1.54, 1.807) is 0 Å². The van der Waals surface area contributed by atoms with Crippen LogP contribution in [-0.2, 0) is 0 Å². The third-order valence-electron chi connectivity index (χ3n) is 2.64. The molecule has 0 bridgehead atoms. The predicted molar refractivity (Wildman–Crippen MR) is 66.1 cm³/mol. The summed E-state index contributed by atoms with van der Waals surface area (Å²) >= 11 is 0. The van der Waals surface area contributed by atoms with Crippen LogP contribution < -0.4 is 0 Å². The van der Waals surface area contributed by atoms with Gasteiger partial charge in [-0.05, 0) is 6.92 Å². The van der Waals surface area contributed by atoms with Gasteiger partial charge in [-0.15, -0.1) is 0 Å². The molecule has 0 aliphatic rings. The van der Waals surface area contributed by atoms with E-state index in [-0.39, 0.29) is 6.04 Å². The Morgan fingerprint density at radius 3 is 2.00 bits per heavy atom. The molecule has 0 saturated carbocycles. The number of hydrogen-bond acceptors (Lipinski definition) is 0. The highest BCUT2D eigenvalue weighted by molar-refractivity contribution is 5.35. The molecule has 0 saturated heterocycles. The summed E-state index contributed by atoms with van der Waals surface area (Å²) in [5.41, 5.74) is 3.34. The fourth-order valence-corrected chi connectivity index (χ4v) is 1.73. The molecule has 78 valence electrons. The lowest BCUT2D eigenvalue weighted by Gasteiger charge is -2.06. The number of aryl methyl sites for hydroxylation is 1. The molecule has 0 fully saturated rings. The first-order valence-electron chi connectivity index (χ1n) is 5.29. The van der Waals surface area contributed by atoms with Crippen LogP contribution in [0.3, 0.4) is 0 Å². The standard InChI is InChI=1S/C15H13N/c1-12-8-10-14(11-9-12)15(16-2)13-6-4-3-5-7-13/h3-11,15H,1H3. The summed E-state index contributed by atoms with van der Waals surface area (Å²) < 4.78 is 0. The predicted octanol–water partition coefficient (Wildman–Crippen LogP) is 4.00. The summed E-state index contributed by atoms with van der Waals surface area (Å²) in [5, 5.41) is 0. The Morgan fingerprint density at radius 1 is 0.875 bits per heavy atom. The largest absolute Gasteiger partial charge is 0.303 e. The number of benzene rings is 2. The number of rotatable bonds is 2. The van der Waals surface area contributed by atoms with E-state index in [1.165, 1.54) is 5.56 Å². The maximum Gasteiger partial charge on any atom is 0.273 e. The molecule has 0 aromatic heterocycles. The van der Waals surface area contributed by atoms with Crippen LogP contribution in [0.4, 0.5) is 0 Å². The molecule has 0 aliphatic carbocycles. The molecule has 0 aliphatic heterocycles. The summed E-state index contributed by atoms with van der Waals surface area (Å²) in [6.45, 7) is 9.37. The van der Waals surface area contributed by atoms with Crippen molar-refractivity contribution in [1.82, 2.24) is 0 Å². The van der Waals surface area contributed by atoms with Crippen LogP contribution in [-0.4, -0.2) is 0 Å². The third-order valence-corrected chi connectivity index (χ3v) is 2.64. The number of nitrogens with zero attached hydrogens (tertiary/aromatic N) is 1. The van der Waals surface area contributed by atoms with E-state index < -0.39 is 0 Å². The molecule has 0 spiro atoms. The summed E-state index contributed by atoms with van der Waals surface area (Å²) in [4.78, 5) is 3.71. The molecular weight excluding hydrogens is 194 g/mol. The first-order valence-corrected chi connectivity index (χ1v) is 5.29. The van der Waals surface area contributed by atoms with Gasteiger partial charge >= 0.3 is 0 Å². The van der Waals surface area contributed by atoms with Crippen molar-refractivity contribution in [1.29, 1.82) is 0 Å². The minimum absolute atomic E-state index is 0.179. The average molecular weight is 207 g/mol. The maximum atomic E-state index is 7.31. The van der Waals surface area contributed by atoms with E-state index in [0.717, 1.165) is 11.1 Å². The van der Waals surface area contributed by atoms with Crippen molar-refractivity contribution in [3.05, 3.63) is 82.7 Å². The quantitative estimate of drug-likeness (QED) is 0.655. The molecule has 1 atom stereocenters. The second-order valence-electron chi connectivity index (χ2n) is 3.85. The molecule has 0 radical (unpaired) electrons. The zero-order valence-electron chi connectivity index (χ0n) is 9.22. The Balaban J connectivity index is 2.38. The van der Waals surface area contributed by atoms with Gasteiger partial charge in [0.1, 0.15) is 0 Å². The van der Waals surface area contributed by atoms with Gasteiger partial charge in [0.15, 0.2) is 0 Å². The molecule has 2 aromatic carbocycles. The summed E-state index contributed by atoms with van der Waals surface area (Å²) in [6, 6.07) is 17.9. The Bertz CT molecular complexity index is 491. The van der Waals surface area contributed by atoms with Crippen molar-refractivity contribution < 1.29 is 0 Å². The van der Waals surface area contributed by atoms with E-state index in [2.05, 4.69) is 23.9 Å². The van der Waals surface area contributed by atoms with Gasteiger partial charge in [-0.25, -0.2) is 6.57 Å². The van der Waals surface area contributed by atoms with Crippen LogP contribution in [0.1, 0.15) is 22.7 Å². The molecule has 1 nitrogen and oxygen atoms in total. The minimum atomic E-state index is -0.179. The topological polar surface area (TPSA) is 4.36 Å². The Morgan fingerprint density at radius 2 is 1.44 bits per heavy atom. The highest BCUT2D eigenvalue weighted by atomic mass is 14.7. The van der Waals surface area contributed by atoms with Crippen molar-refractivity contribution in [2.24, 2.45) is 0 Å². The summed E-state index contributed by atoms with van der Waals surface area (Å²) in [6.07, 6.45) is 0. The van der Waals surface area contributed by atoms with Crippen molar-refractivity contribution >= 4 is 0 Å². The molecule has 1 unspecified atom stereocenters. The lowest BCUT2D eigenvalue weighted by atomic mass is 9.99. The Kier molecular flexibility index (Phi) is 3.03. The molecule has 16 heavy (non-hydrogen) atoms. The summed E-state index contributed by atoms with van der Waals surface area (Å²) in [7, 11) is 0. The van der Waals surface area contributed by atoms with Gasteiger partial charge in [-0.2, -0.15) is 0 Å². The van der Waals surface area contributed by atoms with Crippen LogP contribution in [0, 0.1) is 13.5 Å². The van der Waals surface area contributed by atoms with Gasteiger partial charge in [0, 0.05) is 11.1 Å².